The molecule has 25 heavy (non-hydrogen) atoms. The Morgan fingerprint density at radius 3 is 2.80 bits per heavy atom. The minimum Gasteiger partial charge on any atom is -0.465 e. The maximum Gasteiger partial charge on any atom is 0.337 e. The number of carbonyl (C=O) groups excluding carboxylic acids is 1. The zero-order chi connectivity index (χ0) is 17.6. The number of esters is 1. The van der Waals surface area contributed by atoms with Gasteiger partial charge in [0.1, 0.15) is 11.5 Å². The zero-order valence-electron chi connectivity index (χ0n) is 13.7. The van der Waals surface area contributed by atoms with Crippen molar-refractivity contribution in [2.24, 2.45) is 11.8 Å². The molecule has 0 aromatic carbocycles. The van der Waals surface area contributed by atoms with Gasteiger partial charge in [-0.25, -0.2) is 14.2 Å². The molecule has 0 N–H and O–H groups in total. The van der Waals surface area contributed by atoms with Crippen LogP contribution < -0.4 is 0 Å². The van der Waals surface area contributed by atoms with Gasteiger partial charge in [-0.3, -0.25) is 0 Å². The van der Waals surface area contributed by atoms with Gasteiger partial charge in [-0.15, -0.1) is 0 Å². The number of methoxy groups -OCH3 is 1. The number of nitrogens with zero attached hydrogens (tertiary/aromatic N) is 1. The van der Waals surface area contributed by atoms with E-state index < -0.39 is 0 Å². The summed E-state index contributed by atoms with van der Waals surface area (Å²) < 4.78 is 24.9. The second-order valence-corrected chi connectivity index (χ2v) is 7.21. The van der Waals surface area contributed by atoms with Crippen molar-refractivity contribution in [2.75, 3.05) is 7.11 Å². The van der Waals surface area contributed by atoms with Crippen LogP contribution in [0.15, 0.2) is 50.9 Å². The third-order valence-corrected chi connectivity index (χ3v) is 5.75. The maximum absolute atomic E-state index is 13.8. The molecular formula is C19H17BrFNO3. The standard InChI is InChI=1S/C19H17BrFNO3/c1-24-19(23)11-4-2-10(3-5-11)16-17(20)25-18(22-16)14-8-9-15(21)13-7-6-12(13)14/h2,4-5,8-10,12-13H,3,6-7H2,1H3. The molecule has 0 bridgehead atoms. The van der Waals surface area contributed by atoms with Crippen LogP contribution in [0.2, 0.25) is 0 Å². The molecule has 130 valence electrons. The maximum atomic E-state index is 13.8. The highest BCUT2D eigenvalue weighted by molar-refractivity contribution is 9.10. The van der Waals surface area contributed by atoms with E-state index in [1.807, 2.05) is 12.2 Å². The van der Waals surface area contributed by atoms with Crippen molar-refractivity contribution in [3.05, 3.63) is 58.0 Å². The van der Waals surface area contributed by atoms with Gasteiger partial charge in [0.05, 0.1) is 12.7 Å². The number of carbonyl (C=O) groups is 1. The summed E-state index contributed by atoms with van der Waals surface area (Å²) >= 11 is 3.45. The largest absolute Gasteiger partial charge is 0.465 e. The molecule has 3 atom stereocenters. The highest BCUT2D eigenvalue weighted by Gasteiger charge is 2.40. The fraction of sp³-hybridized carbons (Fsp3) is 0.368. The number of ether oxygens (including phenoxy) is 1. The van der Waals surface area contributed by atoms with E-state index in [2.05, 4.69) is 20.9 Å². The number of oxazole rings is 1. The van der Waals surface area contributed by atoms with Gasteiger partial charge in [0.15, 0.2) is 4.67 Å². The van der Waals surface area contributed by atoms with Gasteiger partial charge in [0, 0.05) is 17.4 Å². The summed E-state index contributed by atoms with van der Waals surface area (Å²) in [6.07, 6.45) is 11.3. The van der Waals surface area contributed by atoms with Crippen LogP contribution >= 0.6 is 15.9 Å². The molecule has 1 aromatic rings. The molecule has 4 nitrogen and oxygen atoms in total. The normalized spacial score (nSPS) is 27.6. The summed E-state index contributed by atoms with van der Waals surface area (Å²) in [7, 11) is 1.37. The number of fused-ring (bicyclic) bond motifs is 1. The molecule has 1 aromatic heterocycles. The Morgan fingerprint density at radius 1 is 1.36 bits per heavy atom. The van der Waals surface area contributed by atoms with Crippen molar-refractivity contribution in [1.29, 1.82) is 0 Å². The Bertz CT molecular complexity index is 849. The fourth-order valence-electron chi connectivity index (χ4n) is 3.61. The quantitative estimate of drug-likeness (QED) is 0.673. The van der Waals surface area contributed by atoms with Crippen molar-refractivity contribution in [2.45, 2.75) is 25.2 Å². The Morgan fingerprint density at radius 2 is 2.16 bits per heavy atom. The van der Waals surface area contributed by atoms with Gasteiger partial charge in [0.25, 0.3) is 0 Å². The van der Waals surface area contributed by atoms with Gasteiger partial charge in [-0.05, 0) is 47.2 Å². The second kappa shape index (κ2) is 6.41. The minimum absolute atomic E-state index is 0.0192. The average molecular weight is 406 g/mol. The molecule has 3 unspecified atom stereocenters. The SMILES string of the molecule is COC(=O)C1=CCC(c2nc(C3=CC=C(F)C4CCC34)oc2Br)C=C1. The van der Waals surface area contributed by atoms with Gasteiger partial charge in [-0.2, -0.15) is 0 Å². The van der Waals surface area contributed by atoms with Crippen molar-refractivity contribution >= 4 is 27.5 Å². The zero-order valence-corrected chi connectivity index (χ0v) is 15.3. The van der Waals surface area contributed by atoms with Crippen LogP contribution in [0, 0.1) is 11.8 Å². The topological polar surface area (TPSA) is 52.3 Å². The van der Waals surface area contributed by atoms with Crippen molar-refractivity contribution in [3.63, 3.8) is 0 Å². The van der Waals surface area contributed by atoms with Crippen LogP contribution in [-0.2, 0) is 9.53 Å². The molecule has 0 saturated heterocycles. The first-order valence-electron chi connectivity index (χ1n) is 8.29. The van der Waals surface area contributed by atoms with E-state index in [4.69, 9.17) is 9.15 Å². The van der Waals surface area contributed by atoms with E-state index in [1.165, 1.54) is 13.2 Å². The Labute approximate surface area is 153 Å². The first-order chi connectivity index (χ1) is 12.1. The molecule has 1 fully saturated rings. The van der Waals surface area contributed by atoms with Crippen molar-refractivity contribution in [1.82, 2.24) is 4.98 Å². The summed E-state index contributed by atoms with van der Waals surface area (Å²) in [6, 6.07) is 0. The predicted molar refractivity (Wildman–Crippen MR) is 94.2 cm³/mol. The van der Waals surface area contributed by atoms with Crippen LogP contribution in [-0.4, -0.2) is 18.1 Å². The van der Waals surface area contributed by atoms with E-state index in [0.717, 1.165) is 24.1 Å². The summed E-state index contributed by atoms with van der Waals surface area (Å²) in [5, 5.41) is 0. The molecule has 3 aliphatic carbocycles. The van der Waals surface area contributed by atoms with Gasteiger partial charge in [0.2, 0.25) is 5.89 Å². The van der Waals surface area contributed by atoms with Crippen LogP contribution in [0.1, 0.15) is 36.8 Å². The lowest BCUT2D eigenvalue weighted by Crippen LogP contribution is -2.29. The highest BCUT2D eigenvalue weighted by atomic mass is 79.9. The molecule has 0 aliphatic heterocycles. The lowest BCUT2D eigenvalue weighted by molar-refractivity contribution is -0.135. The van der Waals surface area contributed by atoms with Gasteiger partial charge < -0.3 is 9.15 Å². The fourth-order valence-corrected chi connectivity index (χ4v) is 4.14. The Kier molecular flexibility index (Phi) is 4.23. The third kappa shape index (κ3) is 2.82. The lowest BCUT2D eigenvalue weighted by atomic mass is 9.67. The van der Waals surface area contributed by atoms with Crippen molar-refractivity contribution in [3.8, 4) is 0 Å². The molecule has 1 heterocycles. The van der Waals surface area contributed by atoms with E-state index >= 15 is 0 Å². The molecule has 0 radical (unpaired) electrons. The smallest absolute Gasteiger partial charge is 0.337 e. The summed E-state index contributed by atoms with van der Waals surface area (Å²) in [5.74, 6) is 0.337. The minimum atomic E-state index is -0.341. The monoisotopic (exact) mass is 405 g/mol. The second-order valence-electron chi connectivity index (χ2n) is 6.49. The number of rotatable bonds is 3. The summed E-state index contributed by atoms with van der Waals surface area (Å²) in [6.45, 7) is 0. The van der Waals surface area contributed by atoms with Crippen LogP contribution in [0.5, 0.6) is 0 Å². The Hall–Kier alpha value is -1.95. The molecule has 4 rings (SSSR count). The number of hydrogen-bond acceptors (Lipinski definition) is 4. The molecular weight excluding hydrogens is 389 g/mol. The predicted octanol–water partition coefficient (Wildman–Crippen LogP) is 4.86. The summed E-state index contributed by atoms with van der Waals surface area (Å²) in [5.41, 5.74) is 2.31. The van der Waals surface area contributed by atoms with Crippen LogP contribution in [0.4, 0.5) is 4.39 Å². The number of allylic oxidation sites excluding steroid dienone is 6. The van der Waals surface area contributed by atoms with E-state index in [-0.39, 0.29) is 29.5 Å². The average Bonchev–Trinajstić information content (AvgIpc) is 2.97. The summed E-state index contributed by atoms with van der Waals surface area (Å²) in [4.78, 5) is 16.2. The lowest BCUT2D eigenvalue weighted by Gasteiger charge is -2.38. The van der Waals surface area contributed by atoms with E-state index in [1.54, 1.807) is 12.2 Å². The van der Waals surface area contributed by atoms with Crippen molar-refractivity contribution < 1.29 is 18.3 Å². The molecule has 0 amide bonds. The van der Waals surface area contributed by atoms with Crippen LogP contribution in [0.25, 0.3) is 5.57 Å². The van der Waals surface area contributed by atoms with E-state index in [9.17, 15) is 9.18 Å². The highest BCUT2D eigenvalue weighted by Crippen LogP contribution is 2.50. The molecule has 6 heteroatoms. The third-order valence-electron chi connectivity index (χ3n) is 5.18. The van der Waals surface area contributed by atoms with Gasteiger partial charge in [-0.1, -0.05) is 24.3 Å². The van der Waals surface area contributed by atoms with Crippen LogP contribution in [0.3, 0.4) is 0 Å². The number of aromatic nitrogens is 1. The number of hydrogen-bond donors (Lipinski definition) is 0. The van der Waals surface area contributed by atoms with Gasteiger partial charge >= 0.3 is 5.97 Å². The molecule has 0 spiro atoms. The molecule has 1 saturated carbocycles. The van der Waals surface area contributed by atoms with E-state index in [0.29, 0.717) is 22.6 Å². The Balaban J connectivity index is 1.57. The molecule has 3 aliphatic rings. The number of halogens is 2. The first-order valence-corrected chi connectivity index (χ1v) is 9.08. The first kappa shape index (κ1) is 16.5.